The average Bonchev–Trinajstić information content (AvgIpc) is 2.97. The summed E-state index contributed by atoms with van der Waals surface area (Å²) in [5, 5.41) is 5.14. The van der Waals surface area contributed by atoms with Gasteiger partial charge in [-0.3, -0.25) is 14.9 Å². The number of carbonyl (C=O) groups is 1. The first-order valence-corrected chi connectivity index (χ1v) is 8.29. The molecule has 0 fully saturated rings. The molecule has 2 heterocycles. The van der Waals surface area contributed by atoms with Gasteiger partial charge in [-0.1, -0.05) is 12.1 Å². The minimum absolute atomic E-state index is 0.244. The Labute approximate surface area is 143 Å². The molecule has 0 aliphatic heterocycles. The van der Waals surface area contributed by atoms with Crippen molar-refractivity contribution in [3.05, 3.63) is 67.5 Å². The van der Waals surface area contributed by atoms with E-state index in [4.69, 9.17) is 0 Å². The molecule has 110 valence electrons. The zero-order valence-electron chi connectivity index (χ0n) is 11.2. The van der Waals surface area contributed by atoms with Crippen molar-refractivity contribution in [2.45, 2.75) is 0 Å². The monoisotopic (exact) mass is 423 g/mol. The van der Waals surface area contributed by atoms with Crippen LogP contribution in [0.3, 0.4) is 0 Å². The van der Waals surface area contributed by atoms with E-state index in [9.17, 15) is 9.59 Å². The third-order valence-electron chi connectivity index (χ3n) is 2.91. The van der Waals surface area contributed by atoms with Crippen LogP contribution in [0, 0.1) is 3.57 Å². The number of aromatic amines is 1. The van der Waals surface area contributed by atoms with Gasteiger partial charge in [-0.05, 0) is 40.8 Å². The van der Waals surface area contributed by atoms with Gasteiger partial charge in [0.05, 0.1) is 11.3 Å². The number of aromatic nitrogens is 2. The molecule has 0 saturated heterocycles. The lowest BCUT2D eigenvalue weighted by molar-refractivity contribution is 0.102. The summed E-state index contributed by atoms with van der Waals surface area (Å²) in [5.74, 6) is -0.306. The second-order valence-corrected chi connectivity index (χ2v) is 6.54. The maximum Gasteiger partial charge on any atom is 0.258 e. The van der Waals surface area contributed by atoms with E-state index < -0.39 is 0 Å². The van der Waals surface area contributed by atoms with Crippen LogP contribution in [0.1, 0.15) is 10.4 Å². The van der Waals surface area contributed by atoms with Crippen molar-refractivity contribution < 1.29 is 4.79 Å². The number of hydrogen-bond acceptors (Lipinski definition) is 4. The fourth-order valence-electron chi connectivity index (χ4n) is 1.81. The fourth-order valence-corrected chi connectivity index (χ4v) is 2.88. The fraction of sp³-hybridized carbons (Fsp3) is 0. The van der Waals surface area contributed by atoms with Crippen LogP contribution < -0.4 is 10.9 Å². The van der Waals surface area contributed by atoms with E-state index >= 15 is 0 Å². The van der Waals surface area contributed by atoms with Crippen LogP contribution in [0.4, 0.5) is 5.13 Å². The normalized spacial score (nSPS) is 10.4. The van der Waals surface area contributed by atoms with Gasteiger partial charge in [0.2, 0.25) is 5.56 Å². The molecule has 22 heavy (non-hydrogen) atoms. The number of amides is 1. The lowest BCUT2D eigenvalue weighted by Gasteiger charge is -2.00. The number of H-pyrrole nitrogens is 1. The molecule has 2 N–H and O–H groups in total. The summed E-state index contributed by atoms with van der Waals surface area (Å²) >= 11 is 3.60. The van der Waals surface area contributed by atoms with Crippen LogP contribution in [0.15, 0.2) is 52.8 Å². The number of nitrogens with zero attached hydrogens (tertiary/aromatic N) is 1. The summed E-state index contributed by atoms with van der Waals surface area (Å²) in [5.41, 5.74) is 1.96. The second kappa shape index (κ2) is 6.41. The van der Waals surface area contributed by atoms with Gasteiger partial charge >= 0.3 is 0 Å². The van der Waals surface area contributed by atoms with E-state index in [0.29, 0.717) is 10.7 Å². The van der Waals surface area contributed by atoms with Crippen LogP contribution in [0.5, 0.6) is 0 Å². The number of carbonyl (C=O) groups excluding carboxylic acids is 1. The highest BCUT2D eigenvalue weighted by atomic mass is 127. The van der Waals surface area contributed by atoms with Crippen molar-refractivity contribution in [3.63, 3.8) is 0 Å². The Morgan fingerprint density at radius 2 is 1.95 bits per heavy atom. The molecule has 0 bridgehead atoms. The second-order valence-electron chi connectivity index (χ2n) is 4.44. The molecule has 7 heteroatoms. The third kappa shape index (κ3) is 3.42. The van der Waals surface area contributed by atoms with Gasteiger partial charge < -0.3 is 4.98 Å². The Hall–Kier alpha value is -2.00. The van der Waals surface area contributed by atoms with Crippen molar-refractivity contribution in [2.24, 2.45) is 0 Å². The Balaban J connectivity index is 1.76. The zero-order valence-corrected chi connectivity index (χ0v) is 14.1. The summed E-state index contributed by atoms with van der Waals surface area (Å²) < 4.78 is 1.16. The van der Waals surface area contributed by atoms with Crippen LogP contribution in [0.25, 0.3) is 11.3 Å². The van der Waals surface area contributed by atoms with Gasteiger partial charge in [0.25, 0.3) is 5.91 Å². The molecule has 0 saturated carbocycles. The number of hydrogen-bond donors (Lipinski definition) is 2. The molecule has 0 aliphatic rings. The third-order valence-corrected chi connectivity index (χ3v) is 4.39. The minimum Gasteiger partial charge on any atom is -0.328 e. The summed E-state index contributed by atoms with van der Waals surface area (Å²) in [6.07, 6.45) is 1.38. The Morgan fingerprint density at radius 1 is 1.18 bits per heavy atom. The Bertz CT molecular complexity index is 850. The number of rotatable bonds is 3. The first kappa shape index (κ1) is 14.9. The van der Waals surface area contributed by atoms with Crippen LogP contribution in [0.2, 0.25) is 0 Å². The topological polar surface area (TPSA) is 74.8 Å². The van der Waals surface area contributed by atoms with Crippen molar-refractivity contribution >= 4 is 45.0 Å². The van der Waals surface area contributed by atoms with Crippen LogP contribution in [-0.4, -0.2) is 15.9 Å². The number of benzene rings is 1. The summed E-state index contributed by atoms with van der Waals surface area (Å²) in [6.45, 7) is 0. The van der Waals surface area contributed by atoms with E-state index in [1.54, 1.807) is 0 Å². The number of pyridine rings is 1. The molecule has 3 aromatic rings. The van der Waals surface area contributed by atoms with Gasteiger partial charge in [0.1, 0.15) is 0 Å². The van der Waals surface area contributed by atoms with Crippen molar-refractivity contribution in [3.8, 4) is 11.3 Å². The number of halogens is 1. The van der Waals surface area contributed by atoms with Crippen molar-refractivity contribution in [2.75, 3.05) is 5.32 Å². The predicted octanol–water partition coefficient (Wildman–Crippen LogP) is 3.36. The maximum absolute atomic E-state index is 12.0. The molecule has 2 aromatic heterocycles. The summed E-state index contributed by atoms with van der Waals surface area (Å²) in [6, 6.07) is 10.8. The number of anilines is 1. The predicted molar refractivity (Wildman–Crippen MR) is 95.3 cm³/mol. The highest BCUT2D eigenvalue weighted by Crippen LogP contribution is 2.25. The van der Waals surface area contributed by atoms with Gasteiger partial charge in [-0.2, -0.15) is 0 Å². The first-order valence-electron chi connectivity index (χ1n) is 6.33. The molecule has 1 amide bonds. The first-order chi connectivity index (χ1) is 10.6. The molecule has 0 aliphatic carbocycles. The quantitative estimate of drug-likeness (QED) is 0.635. The standard InChI is InChI=1S/C15H10IN3O2S/c16-11-4-1-9(2-5-11)12-8-22-15(18-12)19-14(21)10-3-6-13(20)17-7-10/h1-8H,(H,17,20)(H,18,19,21). The van der Waals surface area contributed by atoms with E-state index in [0.717, 1.165) is 14.8 Å². The molecule has 1 aromatic carbocycles. The molecule has 0 atom stereocenters. The molecule has 0 radical (unpaired) electrons. The summed E-state index contributed by atoms with van der Waals surface area (Å²) in [7, 11) is 0. The molecule has 0 spiro atoms. The molecule has 5 nitrogen and oxygen atoms in total. The smallest absolute Gasteiger partial charge is 0.258 e. The number of nitrogens with one attached hydrogen (secondary N) is 2. The lowest BCUT2D eigenvalue weighted by atomic mass is 10.2. The summed E-state index contributed by atoms with van der Waals surface area (Å²) in [4.78, 5) is 29.9. The lowest BCUT2D eigenvalue weighted by Crippen LogP contribution is -2.14. The Morgan fingerprint density at radius 3 is 2.64 bits per heavy atom. The van der Waals surface area contributed by atoms with Crippen molar-refractivity contribution in [1.29, 1.82) is 0 Å². The van der Waals surface area contributed by atoms with Gasteiger partial charge in [-0.15, -0.1) is 11.3 Å². The minimum atomic E-state index is -0.306. The van der Waals surface area contributed by atoms with E-state index in [-0.39, 0.29) is 11.5 Å². The largest absolute Gasteiger partial charge is 0.328 e. The van der Waals surface area contributed by atoms with Crippen molar-refractivity contribution in [1.82, 2.24) is 9.97 Å². The van der Waals surface area contributed by atoms with Crippen LogP contribution in [-0.2, 0) is 0 Å². The van der Waals surface area contributed by atoms with Gasteiger partial charge in [0, 0.05) is 26.8 Å². The van der Waals surface area contributed by atoms with E-state index in [1.165, 1.54) is 29.7 Å². The molecule has 3 rings (SSSR count). The van der Waals surface area contributed by atoms with E-state index in [1.807, 2.05) is 29.6 Å². The van der Waals surface area contributed by atoms with E-state index in [2.05, 4.69) is 37.9 Å². The molecular formula is C15H10IN3O2S. The zero-order chi connectivity index (χ0) is 15.5. The highest BCUT2D eigenvalue weighted by Gasteiger charge is 2.10. The van der Waals surface area contributed by atoms with Gasteiger partial charge in [-0.25, -0.2) is 4.98 Å². The maximum atomic E-state index is 12.0. The molecular weight excluding hydrogens is 413 g/mol. The SMILES string of the molecule is O=C(Nc1nc(-c2ccc(I)cc2)cs1)c1ccc(=O)[nH]c1. The van der Waals surface area contributed by atoms with Crippen LogP contribution >= 0.6 is 33.9 Å². The Kier molecular flexibility index (Phi) is 4.34. The molecule has 0 unspecified atom stereocenters. The highest BCUT2D eigenvalue weighted by molar-refractivity contribution is 14.1. The number of thiazole rings is 1. The average molecular weight is 423 g/mol. The van der Waals surface area contributed by atoms with Gasteiger partial charge in [0.15, 0.2) is 5.13 Å².